The summed E-state index contributed by atoms with van der Waals surface area (Å²) in [6, 6.07) is 2.34. The van der Waals surface area contributed by atoms with Gasteiger partial charge in [0.15, 0.2) is 0 Å². The van der Waals surface area contributed by atoms with Crippen LogP contribution in [0.2, 0.25) is 0 Å². The highest BCUT2D eigenvalue weighted by molar-refractivity contribution is 5.97. The van der Waals surface area contributed by atoms with Crippen molar-refractivity contribution >= 4 is 11.8 Å². The first-order chi connectivity index (χ1) is 9.23. The number of piperazine rings is 1. The van der Waals surface area contributed by atoms with E-state index < -0.39 is 12.1 Å². The first kappa shape index (κ1) is 14.6. The molecule has 1 aliphatic rings. The lowest BCUT2D eigenvalue weighted by Crippen LogP contribution is -2.66. The zero-order valence-corrected chi connectivity index (χ0v) is 12.6. The van der Waals surface area contributed by atoms with Crippen LogP contribution in [0.3, 0.4) is 0 Å². The van der Waals surface area contributed by atoms with E-state index in [-0.39, 0.29) is 23.3 Å². The van der Waals surface area contributed by atoms with E-state index in [2.05, 4.69) is 5.32 Å². The summed E-state index contributed by atoms with van der Waals surface area (Å²) in [5, 5.41) is 2.83. The molecule has 5 nitrogen and oxygen atoms in total. The van der Waals surface area contributed by atoms with Gasteiger partial charge in [-0.25, -0.2) is 0 Å². The number of hydrogen-bond donors (Lipinski definition) is 1. The van der Waals surface area contributed by atoms with Crippen LogP contribution in [0.1, 0.15) is 46.4 Å². The minimum absolute atomic E-state index is 0.0616. The van der Waals surface area contributed by atoms with Gasteiger partial charge in [-0.1, -0.05) is 20.8 Å². The van der Waals surface area contributed by atoms with Crippen LogP contribution in [0.15, 0.2) is 22.8 Å². The van der Waals surface area contributed by atoms with Crippen molar-refractivity contribution in [1.82, 2.24) is 10.2 Å². The quantitative estimate of drug-likeness (QED) is 0.901. The zero-order valence-electron chi connectivity index (χ0n) is 12.6. The fourth-order valence-corrected chi connectivity index (χ4v) is 2.57. The Labute approximate surface area is 119 Å². The number of nitrogens with zero attached hydrogens (tertiary/aromatic N) is 1. The van der Waals surface area contributed by atoms with Gasteiger partial charge < -0.3 is 14.6 Å². The SMILES string of the molecule is CC1C(=O)NC(C(C)(C)C)C(=O)N1C(C)c1ccco1. The highest BCUT2D eigenvalue weighted by Crippen LogP contribution is 2.31. The van der Waals surface area contributed by atoms with Crippen molar-refractivity contribution in [3.8, 4) is 0 Å². The Morgan fingerprint density at radius 1 is 1.35 bits per heavy atom. The third-order valence-electron chi connectivity index (χ3n) is 3.82. The largest absolute Gasteiger partial charge is 0.467 e. The Morgan fingerprint density at radius 3 is 2.50 bits per heavy atom. The van der Waals surface area contributed by atoms with Gasteiger partial charge in [-0.15, -0.1) is 0 Å². The molecule has 5 heteroatoms. The van der Waals surface area contributed by atoms with Crippen molar-refractivity contribution in [2.45, 2.75) is 52.7 Å². The molecule has 3 unspecified atom stereocenters. The Hall–Kier alpha value is -1.78. The number of carbonyl (C=O) groups excluding carboxylic acids is 2. The highest BCUT2D eigenvalue weighted by Gasteiger charge is 2.45. The molecule has 1 saturated heterocycles. The van der Waals surface area contributed by atoms with Gasteiger partial charge in [0.2, 0.25) is 11.8 Å². The maximum Gasteiger partial charge on any atom is 0.246 e. The van der Waals surface area contributed by atoms with Gasteiger partial charge in [-0.2, -0.15) is 0 Å². The third-order valence-corrected chi connectivity index (χ3v) is 3.82. The Bertz CT molecular complexity index is 502. The van der Waals surface area contributed by atoms with Crippen LogP contribution < -0.4 is 5.32 Å². The lowest BCUT2D eigenvalue weighted by Gasteiger charge is -2.44. The summed E-state index contributed by atoms with van der Waals surface area (Å²) >= 11 is 0. The summed E-state index contributed by atoms with van der Waals surface area (Å²) in [6.07, 6.45) is 1.58. The second-order valence-electron chi connectivity index (χ2n) is 6.42. The molecule has 110 valence electrons. The minimum Gasteiger partial charge on any atom is -0.467 e. The summed E-state index contributed by atoms with van der Waals surface area (Å²) in [6.45, 7) is 9.46. The van der Waals surface area contributed by atoms with Gasteiger partial charge in [0.05, 0.1) is 12.3 Å². The van der Waals surface area contributed by atoms with Crippen molar-refractivity contribution in [2.75, 3.05) is 0 Å². The number of nitrogens with one attached hydrogen (secondary N) is 1. The molecule has 1 fully saturated rings. The molecule has 1 aliphatic heterocycles. The number of furan rings is 1. The van der Waals surface area contributed by atoms with E-state index >= 15 is 0 Å². The molecule has 1 aromatic heterocycles. The van der Waals surface area contributed by atoms with Gasteiger partial charge in [0, 0.05) is 0 Å². The first-order valence-electron chi connectivity index (χ1n) is 6.89. The fraction of sp³-hybridized carbons (Fsp3) is 0.600. The molecule has 20 heavy (non-hydrogen) atoms. The number of amides is 2. The Balaban J connectivity index is 2.34. The van der Waals surface area contributed by atoms with Crippen LogP contribution in [0.5, 0.6) is 0 Å². The molecule has 2 rings (SSSR count). The Kier molecular flexibility index (Phi) is 3.63. The number of rotatable bonds is 2. The molecule has 2 amide bonds. The molecule has 1 N–H and O–H groups in total. The molecule has 0 spiro atoms. The topological polar surface area (TPSA) is 62.6 Å². The maximum atomic E-state index is 12.7. The monoisotopic (exact) mass is 278 g/mol. The number of hydrogen-bond acceptors (Lipinski definition) is 3. The van der Waals surface area contributed by atoms with Gasteiger partial charge in [-0.3, -0.25) is 9.59 Å². The normalized spacial score (nSPS) is 25.6. The van der Waals surface area contributed by atoms with Crippen LogP contribution in [-0.4, -0.2) is 28.8 Å². The van der Waals surface area contributed by atoms with E-state index in [1.54, 1.807) is 24.2 Å². The van der Waals surface area contributed by atoms with Crippen molar-refractivity contribution in [2.24, 2.45) is 5.41 Å². The van der Waals surface area contributed by atoms with Gasteiger partial charge in [-0.05, 0) is 31.4 Å². The molecule has 0 bridgehead atoms. The van der Waals surface area contributed by atoms with E-state index in [0.717, 1.165) is 0 Å². The first-order valence-corrected chi connectivity index (χ1v) is 6.89. The van der Waals surface area contributed by atoms with E-state index in [9.17, 15) is 9.59 Å². The van der Waals surface area contributed by atoms with Crippen molar-refractivity contribution in [1.29, 1.82) is 0 Å². The molecule has 0 radical (unpaired) electrons. The zero-order chi connectivity index (χ0) is 15.1. The van der Waals surface area contributed by atoms with Gasteiger partial charge >= 0.3 is 0 Å². The van der Waals surface area contributed by atoms with Crippen LogP contribution in [-0.2, 0) is 9.59 Å². The van der Waals surface area contributed by atoms with Gasteiger partial charge in [0.1, 0.15) is 17.8 Å². The molecule has 0 saturated carbocycles. The summed E-state index contributed by atoms with van der Waals surface area (Å²) in [4.78, 5) is 26.5. The van der Waals surface area contributed by atoms with E-state index in [1.165, 1.54) is 0 Å². The molecule has 3 atom stereocenters. The summed E-state index contributed by atoms with van der Waals surface area (Å²) in [7, 11) is 0. The van der Waals surface area contributed by atoms with E-state index in [1.807, 2.05) is 33.8 Å². The maximum absolute atomic E-state index is 12.7. The summed E-state index contributed by atoms with van der Waals surface area (Å²) in [5.74, 6) is 0.504. The predicted octanol–water partition coefficient (Wildman–Crippen LogP) is 2.10. The fourth-order valence-electron chi connectivity index (χ4n) is 2.57. The lowest BCUT2D eigenvalue weighted by atomic mass is 9.83. The second-order valence-corrected chi connectivity index (χ2v) is 6.42. The van der Waals surface area contributed by atoms with Crippen LogP contribution in [0, 0.1) is 5.41 Å². The Morgan fingerprint density at radius 2 is 2.00 bits per heavy atom. The van der Waals surface area contributed by atoms with E-state index in [4.69, 9.17) is 4.42 Å². The lowest BCUT2D eigenvalue weighted by molar-refractivity contribution is -0.154. The number of carbonyl (C=O) groups is 2. The molecule has 0 aliphatic carbocycles. The average molecular weight is 278 g/mol. The van der Waals surface area contributed by atoms with Crippen molar-refractivity contribution < 1.29 is 14.0 Å². The van der Waals surface area contributed by atoms with Crippen LogP contribution >= 0.6 is 0 Å². The average Bonchev–Trinajstić information content (AvgIpc) is 2.86. The molecule has 1 aromatic rings. The van der Waals surface area contributed by atoms with Crippen LogP contribution in [0.25, 0.3) is 0 Å². The summed E-state index contributed by atoms with van der Waals surface area (Å²) in [5.41, 5.74) is -0.325. The van der Waals surface area contributed by atoms with Crippen molar-refractivity contribution in [3.05, 3.63) is 24.2 Å². The molecule has 0 aromatic carbocycles. The highest BCUT2D eigenvalue weighted by atomic mass is 16.3. The van der Waals surface area contributed by atoms with Gasteiger partial charge in [0.25, 0.3) is 0 Å². The van der Waals surface area contributed by atoms with Crippen molar-refractivity contribution in [3.63, 3.8) is 0 Å². The third kappa shape index (κ3) is 2.44. The smallest absolute Gasteiger partial charge is 0.246 e. The van der Waals surface area contributed by atoms with Crippen LogP contribution in [0.4, 0.5) is 0 Å². The molecule has 2 heterocycles. The predicted molar refractivity (Wildman–Crippen MR) is 74.8 cm³/mol. The minimum atomic E-state index is -0.511. The second kappa shape index (κ2) is 4.96. The molecular formula is C15H22N2O3. The van der Waals surface area contributed by atoms with E-state index in [0.29, 0.717) is 5.76 Å². The summed E-state index contributed by atoms with van der Waals surface area (Å²) < 4.78 is 5.38. The standard InChI is InChI=1S/C15H22N2O3/c1-9(11-7-6-8-20-11)17-10(2)13(18)16-12(14(17)19)15(3,4)5/h6-10,12H,1-5H3,(H,16,18). The molecular weight excluding hydrogens is 256 g/mol.